The molecule has 19 atom stereocenters. The van der Waals surface area contributed by atoms with Crippen LogP contribution in [-0.2, 0) is 4.74 Å². The molecule has 0 spiro atoms. The predicted octanol–water partition coefficient (Wildman–Crippen LogP) is 12.4. The number of nitrogens with zero attached hydrogens (tertiary/aromatic N) is 1. The van der Waals surface area contributed by atoms with Crippen LogP contribution in [0.4, 0.5) is 0 Å². The van der Waals surface area contributed by atoms with Gasteiger partial charge in [-0.1, -0.05) is 57.8 Å². The minimum atomic E-state index is 0.623. The zero-order chi connectivity index (χ0) is 34.6. The Bertz CT molecular complexity index is 1260. The average Bonchev–Trinajstić information content (AvgIpc) is 3.98. The van der Waals surface area contributed by atoms with E-state index in [-0.39, 0.29) is 0 Å². The molecule has 0 bridgehead atoms. The normalized spacial score (nSPS) is 57.3. The molecule has 19 unspecified atom stereocenters. The van der Waals surface area contributed by atoms with Crippen molar-refractivity contribution in [3.63, 3.8) is 0 Å². The maximum atomic E-state index is 7.62. The summed E-state index contributed by atoms with van der Waals surface area (Å²) in [6.45, 7) is 0. The number of rotatable bonds is 4. The lowest BCUT2D eigenvalue weighted by Crippen LogP contribution is -2.60. The quantitative estimate of drug-likeness (QED) is 0.281. The minimum absolute atomic E-state index is 0.623. The van der Waals surface area contributed by atoms with Crippen molar-refractivity contribution in [1.82, 2.24) is 4.90 Å². The first-order valence-corrected chi connectivity index (χ1v) is 27.5. The van der Waals surface area contributed by atoms with Gasteiger partial charge in [-0.3, -0.25) is 4.90 Å². The van der Waals surface area contributed by atoms with E-state index in [0.29, 0.717) is 12.2 Å². The van der Waals surface area contributed by atoms with Gasteiger partial charge in [0.15, 0.2) is 0 Å². The van der Waals surface area contributed by atoms with Crippen LogP contribution in [0.1, 0.15) is 173 Å². The summed E-state index contributed by atoms with van der Waals surface area (Å²) in [7, 11) is 0. The molecule has 12 aliphatic rings. The van der Waals surface area contributed by atoms with Crippen LogP contribution < -0.4 is 0 Å². The van der Waals surface area contributed by atoms with Gasteiger partial charge in [0.1, 0.15) is 0 Å². The van der Waals surface area contributed by atoms with Gasteiger partial charge in [0.25, 0.3) is 0 Å². The summed E-state index contributed by atoms with van der Waals surface area (Å²) >= 11 is 7.61. The molecule has 0 aromatic carbocycles. The fraction of sp³-hybridized carbons (Fsp3) is 1.00. The van der Waals surface area contributed by atoms with E-state index < -0.39 is 0 Å². The second kappa shape index (κ2) is 14.9. The maximum absolute atomic E-state index is 7.62. The second-order valence-electron chi connectivity index (χ2n) is 21.8. The number of fused-ring (bicyclic) bond motifs is 13. The van der Waals surface area contributed by atoms with Crippen molar-refractivity contribution in [2.75, 3.05) is 0 Å². The van der Waals surface area contributed by atoms with Crippen molar-refractivity contribution < 1.29 is 4.74 Å². The van der Waals surface area contributed by atoms with Gasteiger partial charge in [-0.25, -0.2) is 0 Å². The van der Waals surface area contributed by atoms with Crippen LogP contribution in [0.3, 0.4) is 0 Å². The van der Waals surface area contributed by atoms with E-state index in [1.165, 1.54) is 135 Å². The summed E-state index contributed by atoms with van der Waals surface area (Å²) in [5, 5.41) is 5.85. The fourth-order valence-corrected chi connectivity index (χ4v) is 24.5. The maximum Gasteiger partial charge on any atom is 0.0652 e. The molecule has 0 radical (unpaired) electrons. The predicted molar refractivity (Wildman–Crippen MR) is 227 cm³/mol. The topological polar surface area (TPSA) is 12.5 Å². The summed E-state index contributed by atoms with van der Waals surface area (Å²) in [5.74, 6) is 9.78. The number of hydrogen-bond donors (Lipinski definition) is 0. The highest BCUT2D eigenvalue weighted by Gasteiger charge is 2.61. The van der Waals surface area contributed by atoms with Crippen LogP contribution in [-0.4, -0.2) is 66.7 Å². The lowest BCUT2D eigenvalue weighted by atomic mass is 9.62. The van der Waals surface area contributed by atoms with E-state index in [2.05, 4.69) is 40.2 Å². The molecule has 0 amide bonds. The second-order valence-corrected chi connectivity index (χ2v) is 26.1. The molecule has 53 heavy (non-hydrogen) atoms. The SMILES string of the molecule is C1CCC2C(C1)SC1C2CCCC1N(C1CCC(C2CCCC3C4CCC5SC6CCCCC6C5C4OC23)CC1)C1CCCC2C3CCCCC3SC21. The fourth-order valence-electron chi connectivity index (χ4n) is 18.0. The third kappa shape index (κ3) is 6.04. The van der Waals surface area contributed by atoms with Crippen molar-refractivity contribution >= 4 is 35.3 Å². The third-order valence-corrected chi connectivity index (χ3v) is 25.5. The molecule has 0 N–H and O–H groups in total. The highest BCUT2D eigenvalue weighted by molar-refractivity contribution is 8.01. The van der Waals surface area contributed by atoms with E-state index in [0.717, 1.165) is 109 Å². The van der Waals surface area contributed by atoms with Gasteiger partial charge in [-0.15, -0.1) is 0 Å². The Balaban J connectivity index is 0.792. The molecule has 5 heteroatoms. The van der Waals surface area contributed by atoms with Crippen molar-refractivity contribution in [3.05, 3.63) is 0 Å². The van der Waals surface area contributed by atoms with Crippen LogP contribution in [0.25, 0.3) is 0 Å². The summed E-state index contributed by atoms with van der Waals surface area (Å²) in [6.07, 6.45) is 42.5. The van der Waals surface area contributed by atoms with Crippen LogP contribution in [0, 0.1) is 59.2 Å². The Morgan fingerprint density at radius 3 is 1.51 bits per heavy atom. The Labute approximate surface area is 337 Å². The lowest BCUT2D eigenvalue weighted by molar-refractivity contribution is -0.0775. The zero-order valence-electron chi connectivity index (χ0n) is 33.3. The Morgan fingerprint density at radius 1 is 0.340 bits per heavy atom. The monoisotopic (exact) mass is 778 g/mol. The third-order valence-electron chi connectivity index (χ3n) is 19.9. The van der Waals surface area contributed by atoms with Gasteiger partial charge < -0.3 is 4.74 Å². The van der Waals surface area contributed by atoms with Crippen LogP contribution in [0.5, 0.6) is 0 Å². The van der Waals surface area contributed by atoms with Gasteiger partial charge in [0.2, 0.25) is 0 Å². The molecule has 0 aromatic rings. The van der Waals surface area contributed by atoms with Crippen molar-refractivity contribution in [1.29, 1.82) is 0 Å². The molecule has 296 valence electrons. The molecule has 12 rings (SSSR count). The smallest absolute Gasteiger partial charge is 0.0652 e. The van der Waals surface area contributed by atoms with Gasteiger partial charge in [-0.05, 0) is 169 Å². The first-order chi connectivity index (χ1) is 26.3. The van der Waals surface area contributed by atoms with Crippen molar-refractivity contribution in [2.45, 2.75) is 235 Å². The highest BCUT2D eigenvalue weighted by atomic mass is 32.2. The van der Waals surface area contributed by atoms with Gasteiger partial charge in [-0.2, -0.15) is 35.3 Å². The first kappa shape index (κ1) is 35.9. The van der Waals surface area contributed by atoms with Gasteiger partial charge >= 0.3 is 0 Å². The van der Waals surface area contributed by atoms with Crippen LogP contribution >= 0.6 is 35.3 Å². The summed E-state index contributed by atoms with van der Waals surface area (Å²) in [5.41, 5.74) is 0. The van der Waals surface area contributed by atoms with Crippen molar-refractivity contribution in [2.24, 2.45) is 59.2 Å². The molecular formula is C48H75NOS3. The summed E-state index contributed by atoms with van der Waals surface area (Å²) in [6, 6.07) is 2.65. The number of hydrogen-bond acceptors (Lipinski definition) is 5. The molecule has 4 heterocycles. The molecular weight excluding hydrogens is 703 g/mol. The largest absolute Gasteiger partial charge is 0.374 e. The standard InChI is InChI=1S/C48H75NOS3/c1-4-19-40-31(10-1)35-15-8-17-38(47(35)52-40)49(39-18-9-16-36-32-11-2-5-20-41(32)53-48(36)39)29-24-22-28(23-25-29)30-13-7-14-33-34-26-27-43-44(46(34)50-45(30)33)37-12-3-6-21-42(37)51-43/h28-48H,1-27H2. The lowest BCUT2D eigenvalue weighted by Gasteiger charge is -2.54. The molecule has 0 aromatic heterocycles. The van der Waals surface area contributed by atoms with E-state index >= 15 is 0 Å². The van der Waals surface area contributed by atoms with Crippen molar-refractivity contribution in [3.8, 4) is 0 Å². The molecule has 4 saturated heterocycles. The molecule has 4 aliphatic heterocycles. The average molecular weight is 778 g/mol. The Hall–Kier alpha value is 0.970. The molecule has 2 nitrogen and oxygen atoms in total. The van der Waals surface area contributed by atoms with E-state index in [4.69, 9.17) is 4.74 Å². The van der Waals surface area contributed by atoms with Crippen LogP contribution in [0.2, 0.25) is 0 Å². The number of ether oxygens (including phenoxy) is 1. The van der Waals surface area contributed by atoms with Gasteiger partial charge in [0, 0.05) is 55.5 Å². The first-order valence-electron chi connectivity index (χ1n) is 24.7. The van der Waals surface area contributed by atoms with E-state index in [1.54, 1.807) is 38.5 Å². The highest BCUT2D eigenvalue weighted by Crippen LogP contribution is 2.63. The van der Waals surface area contributed by atoms with E-state index in [1.807, 2.05) is 0 Å². The molecule has 8 saturated carbocycles. The molecule has 8 aliphatic carbocycles. The number of thioether (sulfide) groups is 3. The van der Waals surface area contributed by atoms with E-state index in [9.17, 15) is 0 Å². The van der Waals surface area contributed by atoms with Gasteiger partial charge in [0.05, 0.1) is 12.2 Å². The summed E-state index contributed by atoms with van der Waals surface area (Å²) < 4.78 is 7.62. The summed E-state index contributed by atoms with van der Waals surface area (Å²) in [4.78, 5) is 3.47. The molecule has 12 fully saturated rings. The minimum Gasteiger partial charge on any atom is -0.374 e. The van der Waals surface area contributed by atoms with Crippen LogP contribution in [0.15, 0.2) is 0 Å². The Morgan fingerprint density at radius 2 is 0.849 bits per heavy atom. The Kier molecular flexibility index (Phi) is 10.1. The zero-order valence-corrected chi connectivity index (χ0v) is 35.7.